The first-order valence-corrected chi connectivity index (χ1v) is 9.78. The Morgan fingerprint density at radius 2 is 1.17 bits per heavy atom. The van der Waals surface area contributed by atoms with Crippen LogP contribution in [0.2, 0.25) is 0 Å². The summed E-state index contributed by atoms with van der Waals surface area (Å²) >= 11 is 4.24. The third kappa shape index (κ3) is 13.3. The summed E-state index contributed by atoms with van der Waals surface area (Å²) in [5.41, 5.74) is 3.85. The monoisotopic (exact) mass is 392 g/mol. The van der Waals surface area contributed by atoms with Crippen molar-refractivity contribution in [1.29, 1.82) is 0 Å². The van der Waals surface area contributed by atoms with Crippen LogP contribution < -0.4 is 0 Å². The minimum atomic E-state index is 1.17. The molecule has 0 heterocycles. The minimum Gasteiger partial charge on any atom is -0.106 e. The van der Waals surface area contributed by atoms with Crippen molar-refractivity contribution in [1.82, 2.24) is 0 Å². The first-order valence-electron chi connectivity index (χ1n) is 3.50. The van der Waals surface area contributed by atoms with Crippen LogP contribution in [-0.4, -0.2) is 0 Å². The molecule has 0 bridgehead atoms. The number of halogens is 2. The molecule has 0 amide bonds. The van der Waals surface area contributed by atoms with Gasteiger partial charge in [-0.1, -0.05) is 23.3 Å². The highest BCUT2D eigenvalue weighted by atomic mass is 128. The molecule has 0 aromatic heterocycles. The summed E-state index contributed by atoms with van der Waals surface area (Å²) in [4.78, 5) is 0. The van der Waals surface area contributed by atoms with Crippen molar-refractivity contribution < 1.29 is 0 Å². The summed E-state index contributed by atoms with van der Waals surface area (Å²) in [6.07, 6.45) is 0. The van der Waals surface area contributed by atoms with E-state index in [0.717, 1.165) is 0 Å². The predicted molar refractivity (Wildman–Crippen MR) is 78.2 cm³/mol. The van der Waals surface area contributed by atoms with Crippen LogP contribution in [0.25, 0.3) is 0 Å². The van der Waals surface area contributed by atoms with Gasteiger partial charge >= 0.3 is 0 Å². The van der Waals surface area contributed by atoms with Crippen LogP contribution in [0.4, 0.5) is 0 Å². The Labute approximate surface area is 101 Å². The maximum Gasteiger partial charge on any atom is 0 e. The number of hydrogen-bond donors (Lipinski definition) is 0. The topological polar surface area (TPSA) is 0 Å². The average Bonchev–Trinajstić information content (AvgIpc) is 2.10. The van der Waals surface area contributed by atoms with Crippen molar-refractivity contribution in [2.75, 3.05) is 0 Å². The zero-order chi connectivity index (χ0) is 10.7. The highest BCUT2D eigenvalue weighted by Gasteiger charge is 1.88. The molecule has 0 aliphatic carbocycles. The van der Waals surface area contributed by atoms with Gasteiger partial charge in [-0.05, 0) is 27.7 Å². The van der Waals surface area contributed by atoms with Crippen molar-refractivity contribution >= 4 is 37.2 Å². The van der Waals surface area contributed by atoms with Crippen molar-refractivity contribution in [3.63, 3.8) is 0 Å². The van der Waals surface area contributed by atoms with E-state index in [1.54, 1.807) is 0 Å². The Morgan fingerprint density at radius 1 is 0.917 bits per heavy atom. The molecule has 0 fully saturated rings. The lowest BCUT2D eigenvalue weighted by atomic mass is 10.1. The molecule has 0 aliphatic rings. The molecule has 0 aliphatic heterocycles. The smallest absolute Gasteiger partial charge is 0 e. The van der Waals surface area contributed by atoms with Crippen LogP contribution >= 0.6 is 37.2 Å². The summed E-state index contributed by atoms with van der Waals surface area (Å²) in [7, 11) is 0. The molecule has 0 radical (unpaired) electrons. The molecule has 0 saturated carbocycles. The van der Waals surface area contributed by atoms with E-state index in [1.165, 1.54) is 16.7 Å². The van der Waals surface area contributed by atoms with Gasteiger partial charge in [0.05, 0.1) is 0 Å². The molecule has 72 valence electrons. The predicted octanol–water partition coefficient (Wildman–Crippen LogP) is 5.49. The lowest BCUT2D eigenvalue weighted by Crippen LogP contribution is -1.78. The van der Waals surface area contributed by atoms with Gasteiger partial charge in [-0.3, -0.25) is 0 Å². The van der Waals surface area contributed by atoms with Gasteiger partial charge in [0.25, 0.3) is 0 Å². The molecular formula is C10H18I2. The molecule has 0 nitrogen and oxygen atoms in total. The zero-order valence-electron chi connectivity index (χ0n) is 8.38. The van der Waals surface area contributed by atoms with E-state index in [0.29, 0.717) is 0 Å². The molecule has 0 atom stereocenters. The fraction of sp³-hybridized carbons (Fsp3) is 0.400. The van der Waals surface area contributed by atoms with E-state index < -0.39 is 0 Å². The second-order valence-electron chi connectivity index (χ2n) is 2.41. The molecule has 2 heteroatoms. The normalized spacial score (nSPS) is 6.50. The van der Waals surface area contributed by atoms with Crippen LogP contribution in [0, 0.1) is 0 Å². The SMILES string of the molecule is C=C.C=C(C)C(C)=C(C)C.II. The standard InChI is InChI=1S/C8H14.C2H4.I2/c1-6(2)8(5)7(3)4;2*1-2/h1H2,2-5H3;1-2H2;. The van der Waals surface area contributed by atoms with Crippen LogP contribution in [0.3, 0.4) is 0 Å². The van der Waals surface area contributed by atoms with Gasteiger partial charge in [-0.15, -0.1) is 13.2 Å². The van der Waals surface area contributed by atoms with E-state index >= 15 is 0 Å². The summed E-state index contributed by atoms with van der Waals surface area (Å²) < 4.78 is 0. The molecule has 0 unspecified atom stereocenters. The third-order valence-corrected chi connectivity index (χ3v) is 1.39. The number of allylic oxidation sites excluding steroid dienone is 3. The largest absolute Gasteiger partial charge is 0.106 e. The number of hydrogen-bond acceptors (Lipinski definition) is 0. The van der Waals surface area contributed by atoms with Gasteiger partial charge in [-0.2, -0.15) is 0 Å². The lowest BCUT2D eigenvalue weighted by molar-refractivity contribution is 1.23. The third-order valence-electron chi connectivity index (χ3n) is 1.39. The quantitative estimate of drug-likeness (QED) is 0.315. The Balaban J connectivity index is -0.000000175. The molecule has 0 N–H and O–H groups in total. The Bertz CT molecular complexity index is 142. The average molecular weight is 392 g/mol. The molecule has 0 spiro atoms. The first-order chi connectivity index (χ1) is 5.55. The first kappa shape index (κ1) is 18.5. The molecule has 0 saturated heterocycles. The fourth-order valence-corrected chi connectivity index (χ4v) is 0.427. The van der Waals surface area contributed by atoms with E-state index in [4.69, 9.17) is 0 Å². The molecular weight excluding hydrogens is 374 g/mol. The second kappa shape index (κ2) is 14.2. The van der Waals surface area contributed by atoms with Gasteiger partial charge in [0.15, 0.2) is 0 Å². The van der Waals surface area contributed by atoms with Gasteiger partial charge in [0.2, 0.25) is 0 Å². The highest BCUT2D eigenvalue weighted by Crippen LogP contribution is 2.09. The Morgan fingerprint density at radius 3 is 1.17 bits per heavy atom. The summed E-state index contributed by atoms with van der Waals surface area (Å²) in [6.45, 7) is 18.1. The zero-order valence-corrected chi connectivity index (χ0v) is 12.7. The molecule has 0 aromatic carbocycles. The van der Waals surface area contributed by atoms with Crippen molar-refractivity contribution in [2.45, 2.75) is 27.7 Å². The summed E-state index contributed by atoms with van der Waals surface area (Å²) in [5.74, 6) is 0. The van der Waals surface area contributed by atoms with E-state index in [2.05, 4.69) is 77.7 Å². The lowest BCUT2D eigenvalue weighted by Gasteiger charge is -1.99. The van der Waals surface area contributed by atoms with Crippen molar-refractivity contribution in [2.24, 2.45) is 0 Å². The van der Waals surface area contributed by atoms with Gasteiger partial charge in [-0.25, -0.2) is 0 Å². The molecule has 0 rings (SSSR count). The highest BCUT2D eigenvalue weighted by molar-refractivity contribution is 15.0. The van der Waals surface area contributed by atoms with Gasteiger partial charge < -0.3 is 0 Å². The van der Waals surface area contributed by atoms with Crippen LogP contribution in [0.1, 0.15) is 27.7 Å². The minimum absolute atomic E-state index is 1.17. The van der Waals surface area contributed by atoms with Crippen LogP contribution in [-0.2, 0) is 0 Å². The number of rotatable bonds is 1. The van der Waals surface area contributed by atoms with E-state index in [9.17, 15) is 0 Å². The van der Waals surface area contributed by atoms with E-state index in [1.807, 2.05) is 6.92 Å². The van der Waals surface area contributed by atoms with Gasteiger partial charge in [0.1, 0.15) is 0 Å². The Kier molecular flexibility index (Phi) is 21.9. The Hall–Kier alpha value is 0.680. The van der Waals surface area contributed by atoms with Crippen molar-refractivity contribution in [3.8, 4) is 0 Å². The van der Waals surface area contributed by atoms with Crippen LogP contribution in [0.5, 0.6) is 0 Å². The summed E-state index contributed by atoms with van der Waals surface area (Å²) in [6, 6.07) is 0. The van der Waals surface area contributed by atoms with Gasteiger partial charge in [0, 0.05) is 37.2 Å². The summed E-state index contributed by atoms with van der Waals surface area (Å²) in [5, 5.41) is 0. The second-order valence-corrected chi connectivity index (χ2v) is 2.41. The fourth-order valence-electron chi connectivity index (χ4n) is 0.427. The maximum absolute atomic E-state index is 3.82. The molecule has 0 aromatic rings. The van der Waals surface area contributed by atoms with Crippen molar-refractivity contribution in [3.05, 3.63) is 36.5 Å². The molecule has 12 heavy (non-hydrogen) atoms. The maximum atomic E-state index is 3.82. The van der Waals surface area contributed by atoms with E-state index in [-0.39, 0.29) is 0 Å². The van der Waals surface area contributed by atoms with Crippen LogP contribution in [0.15, 0.2) is 36.5 Å².